The molecule has 116 valence electrons. The van der Waals surface area contributed by atoms with Gasteiger partial charge in [0.1, 0.15) is 5.82 Å². The molecule has 0 aromatic heterocycles. The highest BCUT2D eigenvalue weighted by Crippen LogP contribution is 2.29. The average molecular weight is 311 g/mol. The molecule has 2 aliphatic rings. The molecule has 1 aliphatic carbocycles. The number of nitrogens with zero attached hydrogens (tertiary/aromatic N) is 1. The van der Waals surface area contributed by atoms with Crippen molar-refractivity contribution in [3.63, 3.8) is 0 Å². The quantitative estimate of drug-likeness (QED) is 0.879. The van der Waals surface area contributed by atoms with Gasteiger partial charge in [0.2, 0.25) is 0 Å². The number of benzene rings is 1. The zero-order valence-corrected chi connectivity index (χ0v) is 13.2. The summed E-state index contributed by atoms with van der Waals surface area (Å²) in [4.78, 5) is 2.32. The van der Waals surface area contributed by atoms with E-state index >= 15 is 0 Å². The van der Waals surface area contributed by atoms with Crippen molar-refractivity contribution in [1.82, 2.24) is 5.32 Å². The Hall–Kier alpha value is -0.800. The van der Waals surface area contributed by atoms with Gasteiger partial charge in [0.15, 0.2) is 0 Å². The van der Waals surface area contributed by atoms with Crippen LogP contribution in [0.25, 0.3) is 0 Å². The minimum absolute atomic E-state index is 0.204. The van der Waals surface area contributed by atoms with Crippen LogP contribution in [0.4, 0.5) is 10.1 Å². The Balaban J connectivity index is 1.73. The first kappa shape index (κ1) is 15.1. The average Bonchev–Trinajstić information content (AvgIpc) is 2.77. The van der Waals surface area contributed by atoms with Crippen LogP contribution in [0.5, 0.6) is 0 Å². The fourth-order valence-electron chi connectivity index (χ4n) is 3.72. The van der Waals surface area contributed by atoms with Crippen molar-refractivity contribution < 1.29 is 4.39 Å². The maximum Gasteiger partial charge on any atom is 0.143 e. The van der Waals surface area contributed by atoms with E-state index in [-0.39, 0.29) is 10.8 Å². The standard InChI is InChI=1S/C17H24ClFN2/c18-15-8-7-14(11-16(15)19)21-10-4-9-20-17(12-21)13-5-2-1-3-6-13/h7-8,11,13,17,20H,1-6,9-10,12H2. The van der Waals surface area contributed by atoms with E-state index in [0.717, 1.165) is 37.7 Å². The zero-order valence-electron chi connectivity index (χ0n) is 12.5. The van der Waals surface area contributed by atoms with Gasteiger partial charge in [-0.3, -0.25) is 0 Å². The van der Waals surface area contributed by atoms with E-state index in [0.29, 0.717) is 6.04 Å². The predicted molar refractivity (Wildman–Crippen MR) is 86.6 cm³/mol. The third kappa shape index (κ3) is 3.70. The molecule has 0 bridgehead atoms. The summed E-state index contributed by atoms with van der Waals surface area (Å²) >= 11 is 5.80. The molecule has 21 heavy (non-hydrogen) atoms. The highest BCUT2D eigenvalue weighted by atomic mass is 35.5. The van der Waals surface area contributed by atoms with Crippen LogP contribution in [-0.4, -0.2) is 25.7 Å². The van der Waals surface area contributed by atoms with E-state index in [4.69, 9.17) is 11.6 Å². The first-order chi connectivity index (χ1) is 10.2. The minimum Gasteiger partial charge on any atom is -0.370 e. The van der Waals surface area contributed by atoms with Gasteiger partial charge in [-0.05, 0) is 49.9 Å². The lowest BCUT2D eigenvalue weighted by Crippen LogP contribution is -2.43. The molecule has 1 aromatic carbocycles. The lowest BCUT2D eigenvalue weighted by atomic mass is 9.83. The normalized spacial score (nSPS) is 24.9. The lowest BCUT2D eigenvalue weighted by Gasteiger charge is -2.33. The van der Waals surface area contributed by atoms with E-state index in [1.54, 1.807) is 12.1 Å². The minimum atomic E-state index is -0.319. The monoisotopic (exact) mass is 310 g/mol. The fraction of sp³-hybridized carbons (Fsp3) is 0.647. The van der Waals surface area contributed by atoms with Crippen LogP contribution < -0.4 is 10.2 Å². The molecular weight excluding hydrogens is 287 g/mol. The number of anilines is 1. The van der Waals surface area contributed by atoms with Gasteiger partial charge in [-0.2, -0.15) is 0 Å². The molecule has 1 heterocycles. The first-order valence-corrected chi connectivity index (χ1v) is 8.55. The summed E-state index contributed by atoms with van der Waals surface area (Å²) in [6.45, 7) is 3.02. The number of hydrogen-bond acceptors (Lipinski definition) is 2. The van der Waals surface area contributed by atoms with Crippen LogP contribution in [-0.2, 0) is 0 Å². The molecule has 1 saturated carbocycles. The second-order valence-corrected chi connectivity index (χ2v) is 6.76. The topological polar surface area (TPSA) is 15.3 Å². The van der Waals surface area contributed by atoms with E-state index in [9.17, 15) is 4.39 Å². The molecule has 0 spiro atoms. The van der Waals surface area contributed by atoms with E-state index in [2.05, 4.69) is 10.2 Å². The van der Waals surface area contributed by atoms with Crippen molar-refractivity contribution in [3.05, 3.63) is 29.0 Å². The fourth-order valence-corrected chi connectivity index (χ4v) is 3.84. The van der Waals surface area contributed by atoms with Gasteiger partial charge in [0.25, 0.3) is 0 Å². The largest absolute Gasteiger partial charge is 0.370 e. The molecule has 4 heteroatoms. The van der Waals surface area contributed by atoms with E-state index in [1.165, 1.54) is 32.1 Å². The lowest BCUT2D eigenvalue weighted by molar-refractivity contribution is 0.277. The van der Waals surface area contributed by atoms with Gasteiger partial charge >= 0.3 is 0 Å². The zero-order chi connectivity index (χ0) is 14.7. The molecule has 1 unspecified atom stereocenters. The van der Waals surface area contributed by atoms with E-state index < -0.39 is 0 Å². The maximum atomic E-state index is 13.7. The predicted octanol–water partition coefficient (Wildman–Crippen LogP) is 4.23. The number of nitrogens with one attached hydrogen (secondary N) is 1. The van der Waals surface area contributed by atoms with Crippen molar-refractivity contribution >= 4 is 17.3 Å². The smallest absolute Gasteiger partial charge is 0.143 e. The second-order valence-electron chi connectivity index (χ2n) is 6.36. The number of hydrogen-bond donors (Lipinski definition) is 1. The summed E-state index contributed by atoms with van der Waals surface area (Å²) in [5, 5.41) is 3.92. The Bertz CT molecular complexity index is 474. The van der Waals surface area contributed by atoms with Crippen molar-refractivity contribution in [2.75, 3.05) is 24.5 Å². The molecule has 0 radical (unpaired) electrons. The van der Waals surface area contributed by atoms with Gasteiger partial charge in [0.05, 0.1) is 5.02 Å². The van der Waals surface area contributed by atoms with E-state index in [1.807, 2.05) is 6.07 Å². The third-order valence-electron chi connectivity index (χ3n) is 4.92. The molecule has 3 rings (SSSR count). The number of rotatable bonds is 2. The van der Waals surface area contributed by atoms with Crippen LogP contribution in [0.3, 0.4) is 0 Å². The van der Waals surface area contributed by atoms with Crippen molar-refractivity contribution in [1.29, 1.82) is 0 Å². The Kier molecular flexibility index (Phi) is 5.02. The third-order valence-corrected chi connectivity index (χ3v) is 5.22. The van der Waals surface area contributed by atoms with Gasteiger partial charge in [-0.1, -0.05) is 30.9 Å². The summed E-state index contributed by atoms with van der Waals surface area (Å²) in [6.07, 6.45) is 7.88. The summed E-state index contributed by atoms with van der Waals surface area (Å²) < 4.78 is 13.7. The maximum absolute atomic E-state index is 13.7. The van der Waals surface area contributed by atoms with Gasteiger partial charge < -0.3 is 10.2 Å². The van der Waals surface area contributed by atoms with Crippen LogP contribution in [0.1, 0.15) is 38.5 Å². The molecule has 2 fully saturated rings. The Morgan fingerprint density at radius 2 is 1.95 bits per heavy atom. The Labute approximate surface area is 131 Å². The molecule has 1 aliphatic heterocycles. The Morgan fingerprint density at radius 1 is 1.14 bits per heavy atom. The van der Waals surface area contributed by atoms with Crippen LogP contribution >= 0.6 is 11.6 Å². The van der Waals surface area contributed by atoms with Crippen molar-refractivity contribution in [2.45, 2.75) is 44.6 Å². The molecular formula is C17H24ClFN2. The molecule has 0 amide bonds. The number of halogens is 2. The SMILES string of the molecule is Fc1cc(N2CCCNC(C3CCCCC3)C2)ccc1Cl. The highest BCUT2D eigenvalue weighted by Gasteiger charge is 2.27. The van der Waals surface area contributed by atoms with Crippen molar-refractivity contribution in [2.24, 2.45) is 5.92 Å². The second kappa shape index (κ2) is 6.97. The summed E-state index contributed by atoms with van der Waals surface area (Å²) in [7, 11) is 0. The molecule has 1 atom stereocenters. The summed E-state index contributed by atoms with van der Waals surface area (Å²) in [5.41, 5.74) is 0.960. The Morgan fingerprint density at radius 3 is 2.71 bits per heavy atom. The summed E-state index contributed by atoms with van der Waals surface area (Å²) in [6, 6.07) is 5.71. The van der Waals surface area contributed by atoms with Gasteiger partial charge in [0, 0.05) is 24.8 Å². The molecule has 1 saturated heterocycles. The van der Waals surface area contributed by atoms with Crippen LogP contribution in [0.2, 0.25) is 5.02 Å². The molecule has 1 aromatic rings. The van der Waals surface area contributed by atoms with Crippen LogP contribution in [0.15, 0.2) is 18.2 Å². The first-order valence-electron chi connectivity index (χ1n) is 8.17. The van der Waals surface area contributed by atoms with Crippen LogP contribution in [0, 0.1) is 11.7 Å². The summed E-state index contributed by atoms with van der Waals surface area (Å²) in [5.74, 6) is 0.456. The van der Waals surface area contributed by atoms with Crippen molar-refractivity contribution in [3.8, 4) is 0 Å². The van der Waals surface area contributed by atoms with Gasteiger partial charge in [-0.15, -0.1) is 0 Å². The van der Waals surface area contributed by atoms with Gasteiger partial charge in [-0.25, -0.2) is 4.39 Å². The molecule has 2 nitrogen and oxygen atoms in total. The highest BCUT2D eigenvalue weighted by molar-refractivity contribution is 6.30. The molecule has 1 N–H and O–H groups in total.